The van der Waals surface area contributed by atoms with Gasteiger partial charge in [-0.2, -0.15) is 0 Å². The second kappa shape index (κ2) is 6.56. The summed E-state index contributed by atoms with van der Waals surface area (Å²) in [7, 11) is 1.63. The predicted octanol–water partition coefficient (Wildman–Crippen LogP) is 4.60. The molecule has 0 unspecified atom stereocenters. The largest absolute Gasteiger partial charge is 0.497 e. The SMILES string of the molecule is COc1ccc(Br)c(Nc2ccc(Br)cc2C(N)=S)c1. The van der Waals surface area contributed by atoms with E-state index in [1.54, 1.807) is 7.11 Å². The Labute approximate surface area is 139 Å². The maximum Gasteiger partial charge on any atom is 0.121 e. The number of benzene rings is 2. The number of methoxy groups -OCH3 is 1. The van der Waals surface area contributed by atoms with Crippen LogP contribution in [0, 0.1) is 0 Å². The fourth-order valence-electron chi connectivity index (χ4n) is 1.70. The predicted molar refractivity (Wildman–Crippen MR) is 94.0 cm³/mol. The van der Waals surface area contributed by atoms with Gasteiger partial charge in [0.2, 0.25) is 0 Å². The van der Waals surface area contributed by atoms with Crippen molar-refractivity contribution in [2.24, 2.45) is 5.73 Å². The molecule has 6 heteroatoms. The van der Waals surface area contributed by atoms with Crippen molar-refractivity contribution in [1.29, 1.82) is 0 Å². The highest BCUT2D eigenvalue weighted by atomic mass is 79.9. The lowest BCUT2D eigenvalue weighted by Crippen LogP contribution is -2.12. The minimum Gasteiger partial charge on any atom is -0.497 e. The van der Waals surface area contributed by atoms with Crippen LogP contribution >= 0.6 is 44.1 Å². The van der Waals surface area contributed by atoms with Crippen molar-refractivity contribution in [2.45, 2.75) is 0 Å². The van der Waals surface area contributed by atoms with Crippen LogP contribution in [-0.2, 0) is 0 Å². The Balaban J connectivity index is 2.42. The first-order valence-electron chi connectivity index (χ1n) is 5.71. The van der Waals surface area contributed by atoms with Crippen molar-refractivity contribution in [2.75, 3.05) is 12.4 Å². The minimum absolute atomic E-state index is 0.341. The molecule has 0 saturated heterocycles. The highest BCUT2D eigenvalue weighted by Crippen LogP contribution is 2.31. The molecule has 0 radical (unpaired) electrons. The number of halogens is 2. The molecule has 104 valence electrons. The first-order chi connectivity index (χ1) is 9.51. The van der Waals surface area contributed by atoms with Crippen molar-refractivity contribution < 1.29 is 4.74 Å². The summed E-state index contributed by atoms with van der Waals surface area (Å²) < 4.78 is 7.08. The van der Waals surface area contributed by atoms with Gasteiger partial charge in [-0.1, -0.05) is 28.1 Å². The molecule has 0 heterocycles. The second-order valence-corrected chi connectivity index (χ2v) is 6.23. The van der Waals surface area contributed by atoms with Gasteiger partial charge < -0.3 is 15.8 Å². The fraction of sp³-hybridized carbons (Fsp3) is 0.0714. The van der Waals surface area contributed by atoms with Gasteiger partial charge >= 0.3 is 0 Å². The van der Waals surface area contributed by atoms with E-state index in [0.29, 0.717) is 4.99 Å². The number of nitrogens with two attached hydrogens (primary N) is 1. The van der Waals surface area contributed by atoms with Gasteiger partial charge in [0.05, 0.1) is 12.8 Å². The number of hydrogen-bond acceptors (Lipinski definition) is 3. The lowest BCUT2D eigenvalue weighted by atomic mass is 10.1. The van der Waals surface area contributed by atoms with Gasteiger partial charge in [-0.05, 0) is 46.3 Å². The van der Waals surface area contributed by atoms with E-state index in [9.17, 15) is 0 Å². The van der Waals surface area contributed by atoms with Crippen LogP contribution < -0.4 is 15.8 Å². The zero-order valence-corrected chi connectivity index (χ0v) is 14.6. The van der Waals surface area contributed by atoms with Crippen LogP contribution in [0.2, 0.25) is 0 Å². The molecule has 0 atom stereocenters. The molecule has 0 saturated carbocycles. The average molecular weight is 416 g/mol. The van der Waals surface area contributed by atoms with Crippen molar-refractivity contribution in [3.63, 3.8) is 0 Å². The van der Waals surface area contributed by atoms with Gasteiger partial charge in [0.15, 0.2) is 0 Å². The quantitative estimate of drug-likeness (QED) is 0.716. The van der Waals surface area contributed by atoms with Gasteiger partial charge in [-0.3, -0.25) is 0 Å². The molecule has 0 amide bonds. The Morgan fingerprint density at radius 3 is 2.55 bits per heavy atom. The molecule has 0 aliphatic heterocycles. The van der Waals surface area contributed by atoms with Crippen molar-refractivity contribution in [3.8, 4) is 5.75 Å². The van der Waals surface area contributed by atoms with E-state index in [4.69, 9.17) is 22.7 Å². The van der Waals surface area contributed by atoms with E-state index in [2.05, 4.69) is 37.2 Å². The zero-order valence-electron chi connectivity index (χ0n) is 10.6. The maximum absolute atomic E-state index is 5.77. The molecular weight excluding hydrogens is 404 g/mol. The summed E-state index contributed by atoms with van der Waals surface area (Å²) in [4.78, 5) is 0.341. The van der Waals surface area contributed by atoms with Gasteiger partial charge in [0, 0.05) is 26.3 Å². The molecule has 0 aromatic heterocycles. The Hall–Kier alpha value is -1.11. The minimum atomic E-state index is 0.341. The van der Waals surface area contributed by atoms with Crippen LogP contribution in [0.15, 0.2) is 45.3 Å². The van der Waals surface area contributed by atoms with E-state index < -0.39 is 0 Å². The number of ether oxygens (including phenoxy) is 1. The molecule has 0 bridgehead atoms. The van der Waals surface area contributed by atoms with Crippen LogP contribution in [0.1, 0.15) is 5.56 Å². The molecule has 20 heavy (non-hydrogen) atoms. The number of thiocarbonyl (C=S) groups is 1. The summed E-state index contributed by atoms with van der Waals surface area (Å²) in [5, 5.41) is 3.31. The highest BCUT2D eigenvalue weighted by molar-refractivity contribution is 9.10. The molecule has 2 aromatic rings. The van der Waals surface area contributed by atoms with Crippen molar-refractivity contribution >= 4 is 60.4 Å². The summed E-state index contributed by atoms with van der Waals surface area (Å²) >= 11 is 12.0. The van der Waals surface area contributed by atoms with Crippen LogP contribution in [0.3, 0.4) is 0 Å². The molecule has 2 aromatic carbocycles. The average Bonchev–Trinajstić information content (AvgIpc) is 2.42. The van der Waals surface area contributed by atoms with Crippen LogP contribution in [0.25, 0.3) is 0 Å². The monoisotopic (exact) mass is 414 g/mol. The smallest absolute Gasteiger partial charge is 0.121 e. The van der Waals surface area contributed by atoms with E-state index in [1.807, 2.05) is 36.4 Å². The zero-order chi connectivity index (χ0) is 14.7. The lowest BCUT2D eigenvalue weighted by molar-refractivity contribution is 0.415. The first-order valence-corrected chi connectivity index (χ1v) is 7.70. The van der Waals surface area contributed by atoms with Crippen LogP contribution in [0.5, 0.6) is 5.75 Å². The molecule has 0 aliphatic carbocycles. The third-order valence-electron chi connectivity index (χ3n) is 2.69. The summed E-state index contributed by atoms with van der Waals surface area (Å²) in [6.45, 7) is 0. The van der Waals surface area contributed by atoms with Gasteiger partial charge in [0.25, 0.3) is 0 Å². The Bertz CT molecular complexity index is 662. The highest BCUT2D eigenvalue weighted by Gasteiger charge is 2.09. The lowest BCUT2D eigenvalue weighted by Gasteiger charge is -2.14. The summed E-state index contributed by atoms with van der Waals surface area (Å²) in [5.74, 6) is 0.768. The van der Waals surface area contributed by atoms with Crippen LogP contribution in [-0.4, -0.2) is 12.1 Å². The number of rotatable bonds is 4. The Morgan fingerprint density at radius 2 is 1.90 bits per heavy atom. The summed E-state index contributed by atoms with van der Waals surface area (Å²) in [5.41, 5.74) is 8.27. The molecular formula is C14H12Br2N2OS. The number of hydrogen-bond donors (Lipinski definition) is 2. The fourth-order valence-corrected chi connectivity index (χ4v) is 2.58. The van der Waals surface area contributed by atoms with Crippen LogP contribution in [0.4, 0.5) is 11.4 Å². The Morgan fingerprint density at radius 1 is 1.15 bits per heavy atom. The molecule has 3 N–H and O–H groups in total. The molecule has 3 nitrogen and oxygen atoms in total. The molecule has 2 rings (SSSR count). The van der Waals surface area contributed by atoms with Gasteiger partial charge in [-0.15, -0.1) is 0 Å². The van der Waals surface area contributed by atoms with Crippen molar-refractivity contribution in [3.05, 3.63) is 50.9 Å². The Kier molecular flexibility index (Phi) is 5.01. The maximum atomic E-state index is 5.77. The number of anilines is 2. The first kappa shape index (κ1) is 15.3. The summed E-state index contributed by atoms with van der Waals surface area (Å²) in [6, 6.07) is 11.4. The summed E-state index contributed by atoms with van der Waals surface area (Å²) in [6.07, 6.45) is 0. The van der Waals surface area contributed by atoms with E-state index in [1.165, 1.54) is 0 Å². The third kappa shape index (κ3) is 3.50. The van der Waals surface area contributed by atoms with E-state index in [-0.39, 0.29) is 0 Å². The second-order valence-electron chi connectivity index (χ2n) is 4.02. The third-order valence-corrected chi connectivity index (χ3v) is 4.09. The molecule has 0 aliphatic rings. The van der Waals surface area contributed by atoms with E-state index in [0.717, 1.165) is 31.6 Å². The van der Waals surface area contributed by atoms with Gasteiger partial charge in [-0.25, -0.2) is 0 Å². The van der Waals surface area contributed by atoms with Gasteiger partial charge in [0.1, 0.15) is 10.7 Å². The molecule has 0 spiro atoms. The molecule has 0 fully saturated rings. The normalized spacial score (nSPS) is 10.2. The topological polar surface area (TPSA) is 47.3 Å². The number of nitrogens with one attached hydrogen (secondary N) is 1. The van der Waals surface area contributed by atoms with E-state index >= 15 is 0 Å². The standard InChI is InChI=1S/C14H12Br2N2OS/c1-19-9-3-4-11(16)13(7-9)18-12-5-2-8(15)6-10(12)14(17)20/h2-7,18H,1H3,(H2,17,20). The van der Waals surface area contributed by atoms with Crippen molar-refractivity contribution in [1.82, 2.24) is 0 Å².